The summed E-state index contributed by atoms with van der Waals surface area (Å²) in [5.41, 5.74) is 16.0. The molecule has 0 saturated carbocycles. The summed E-state index contributed by atoms with van der Waals surface area (Å²) in [5, 5.41) is 4.85. The molecule has 0 aliphatic heterocycles. The van der Waals surface area contributed by atoms with Crippen LogP contribution in [0.5, 0.6) is 0 Å². The van der Waals surface area contributed by atoms with Crippen molar-refractivity contribution < 1.29 is 0 Å². The van der Waals surface area contributed by atoms with Gasteiger partial charge in [0.1, 0.15) is 11.6 Å². The van der Waals surface area contributed by atoms with Crippen molar-refractivity contribution in [2.45, 2.75) is 33.1 Å². The average Bonchev–Trinajstić information content (AvgIpc) is 3.94. The largest absolute Gasteiger partial charge is 0.354 e. The van der Waals surface area contributed by atoms with Crippen LogP contribution in [-0.4, -0.2) is 24.1 Å². The molecule has 0 amide bonds. The molecule has 0 aliphatic rings. The molecule has 11 rings (SSSR count). The Labute approximate surface area is 336 Å². The lowest BCUT2D eigenvalue weighted by atomic mass is 9.98. The molecule has 7 aromatic carbocycles. The summed E-state index contributed by atoms with van der Waals surface area (Å²) in [5.74, 6) is 2.21. The Kier molecular flexibility index (Phi) is 7.90. The predicted molar refractivity (Wildman–Crippen MR) is 242 cm³/mol. The third-order valence-corrected chi connectivity index (χ3v) is 11.8. The van der Waals surface area contributed by atoms with Crippen molar-refractivity contribution in [3.8, 4) is 34.0 Å². The van der Waals surface area contributed by atoms with Gasteiger partial charge in [-0.1, -0.05) is 123 Å². The zero-order valence-electron chi connectivity index (χ0n) is 32.7. The fourth-order valence-corrected chi connectivity index (χ4v) is 9.09. The van der Waals surface area contributed by atoms with Crippen LogP contribution in [0, 0.1) is 6.92 Å². The number of H-pyrrole nitrogens is 1. The molecule has 4 heterocycles. The van der Waals surface area contributed by atoms with Crippen LogP contribution in [0.25, 0.3) is 88.7 Å². The topological polar surface area (TPSA) is 51.4 Å². The van der Waals surface area contributed by atoms with E-state index in [1.807, 2.05) is 6.20 Å². The second-order valence-corrected chi connectivity index (χ2v) is 15.8. The highest BCUT2D eigenvalue weighted by atomic mass is 15.1. The lowest BCUT2D eigenvalue weighted by molar-refractivity contribution is 0.858. The number of nitrogens with one attached hydrogen (secondary N) is 1. The number of fused-ring (bicyclic) bond motifs is 7. The molecule has 0 aliphatic carbocycles. The molecule has 0 bridgehead atoms. The van der Waals surface area contributed by atoms with Crippen molar-refractivity contribution in [2.75, 3.05) is 0 Å². The van der Waals surface area contributed by atoms with E-state index in [1.54, 1.807) is 0 Å². The van der Waals surface area contributed by atoms with Crippen molar-refractivity contribution in [2.24, 2.45) is 0 Å². The second-order valence-electron chi connectivity index (χ2n) is 15.8. The van der Waals surface area contributed by atoms with Gasteiger partial charge in [0.15, 0.2) is 0 Å². The maximum atomic E-state index is 5.58. The number of nitrogens with zero attached hydrogens (tertiary/aromatic N) is 4. The van der Waals surface area contributed by atoms with Crippen molar-refractivity contribution in [3.05, 3.63) is 192 Å². The number of aromatic amines is 1. The van der Waals surface area contributed by atoms with E-state index < -0.39 is 0 Å². The van der Waals surface area contributed by atoms with E-state index in [4.69, 9.17) is 9.97 Å². The van der Waals surface area contributed by atoms with Crippen LogP contribution in [-0.2, 0) is 6.42 Å². The monoisotopic (exact) mass is 747 g/mol. The Morgan fingerprint density at radius 2 is 1.34 bits per heavy atom. The molecule has 5 nitrogen and oxygen atoms in total. The van der Waals surface area contributed by atoms with Gasteiger partial charge in [-0.25, -0.2) is 9.97 Å². The predicted octanol–water partition coefficient (Wildman–Crippen LogP) is 13.5. The zero-order chi connectivity index (χ0) is 38.9. The summed E-state index contributed by atoms with van der Waals surface area (Å²) in [4.78, 5) is 14.3. The fraction of sp³-hybridized carbons (Fsp3) is 0.0943. The summed E-state index contributed by atoms with van der Waals surface area (Å²) in [7, 11) is 0. The summed E-state index contributed by atoms with van der Waals surface area (Å²) in [6.07, 6.45) is 2.83. The second kappa shape index (κ2) is 13.5. The Balaban J connectivity index is 1.16. The minimum Gasteiger partial charge on any atom is -0.354 e. The third-order valence-electron chi connectivity index (χ3n) is 11.8. The first-order chi connectivity index (χ1) is 28.5. The molecule has 1 N–H and O–H groups in total. The Morgan fingerprint density at radius 1 is 0.586 bits per heavy atom. The molecule has 11 aromatic rings. The maximum Gasteiger partial charge on any atom is 0.147 e. The summed E-state index contributed by atoms with van der Waals surface area (Å²) in [6.45, 7) is 6.73. The number of aromatic nitrogens is 5. The standard InChI is InChI=1S/C53H41N5/c1-33(2)37-26-27-54-49(32-37)58-48-31-38(24-25-42(48)45-30-36(28-34(3)52(45)58)29-35-14-6-4-7-15-35)40-19-13-23-47-51(40)56-53(57(47)39-16-8-5-9-17-39)44-21-12-20-43-41-18-10-11-22-46(41)55-50(43)44/h4-28,30-33,55H,29H2,1-3H3. The number of imidazole rings is 1. The van der Waals surface area contributed by atoms with Gasteiger partial charge in [-0.3, -0.25) is 9.13 Å². The number of hydrogen-bond acceptors (Lipinski definition) is 2. The molecule has 0 unspecified atom stereocenters. The van der Waals surface area contributed by atoms with Gasteiger partial charge >= 0.3 is 0 Å². The van der Waals surface area contributed by atoms with Crippen LogP contribution in [0.15, 0.2) is 170 Å². The highest BCUT2D eigenvalue weighted by Crippen LogP contribution is 2.41. The number of aryl methyl sites for hydroxylation is 1. The highest BCUT2D eigenvalue weighted by Gasteiger charge is 2.22. The molecular formula is C53H41N5. The fourth-order valence-electron chi connectivity index (χ4n) is 9.09. The third kappa shape index (κ3) is 5.46. The van der Waals surface area contributed by atoms with Gasteiger partial charge in [0.25, 0.3) is 0 Å². The SMILES string of the molecule is Cc1cc(Cc2ccccc2)cc2c3ccc(-c4cccc5c4nc(-c4cccc6c4[nH]c4ccccc46)n5-c4ccccc4)cc3n(-c3cc(C(C)C)ccn3)c12. The Morgan fingerprint density at radius 3 is 2.19 bits per heavy atom. The van der Waals surface area contributed by atoms with Crippen molar-refractivity contribution >= 4 is 54.6 Å². The van der Waals surface area contributed by atoms with Crippen molar-refractivity contribution in [1.29, 1.82) is 0 Å². The van der Waals surface area contributed by atoms with Gasteiger partial charge in [-0.2, -0.15) is 0 Å². The van der Waals surface area contributed by atoms with Gasteiger partial charge in [0.2, 0.25) is 0 Å². The number of benzene rings is 7. The first-order valence-electron chi connectivity index (χ1n) is 20.1. The lowest BCUT2D eigenvalue weighted by Gasteiger charge is -2.13. The summed E-state index contributed by atoms with van der Waals surface area (Å²) >= 11 is 0. The molecule has 0 fully saturated rings. The van der Waals surface area contributed by atoms with Crippen LogP contribution < -0.4 is 0 Å². The van der Waals surface area contributed by atoms with Crippen molar-refractivity contribution in [1.82, 2.24) is 24.1 Å². The van der Waals surface area contributed by atoms with Crippen molar-refractivity contribution in [3.63, 3.8) is 0 Å². The minimum absolute atomic E-state index is 0.380. The maximum absolute atomic E-state index is 5.58. The molecule has 0 saturated heterocycles. The minimum atomic E-state index is 0.380. The zero-order valence-corrected chi connectivity index (χ0v) is 32.7. The van der Waals surface area contributed by atoms with E-state index in [0.29, 0.717) is 5.92 Å². The molecule has 0 spiro atoms. The van der Waals surface area contributed by atoms with E-state index in [1.165, 1.54) is 49.3 Å². The van der Waals surface area contributed by atoms with Crippen LogP contribution in [0.1, 0.15) is 42.0 Å². The van der Waals surface area contributed by atoms with E-state index in [2.05, 4.69) is 199 Å². The molecular weight excluding hydrogens is 707 g/mol. The van der Waals surface area contributed by atoms with E-state index in [0.717, 1.165) is 68.0 Å². The molecule has 0 radical (unpaired) electrons. The van der Waals surface area contributed by atoms with E-state index >= 15 is 0 Å². The summed E-state index contributed by atoms with van der Waals surface area (Å²) < 4.78 is 4.69. The molecule has 58 heavy (non-hydrogen) atoms. The number of hydrogen-bond donors (Lipinski definition) is 1. The van der Waals surface area contributed by atoms with Crippen LogP contribution >= 0.6 is 0 Å². The first-order valence-corrected chi connectivity index (χ1v) is 20.1. The number of para-hydroxylation sites is 4. The quantitative estimate of drug-likeness (QED) is 0.176. The Hall–Kier alpha value is -7.24. The molecule has 4 aromatic heterocycles. The highest BCUT2D eigenvalue weighted by molar-refractivity contribution is 6.13. The lowest BCUT2D eigenvalue weighted by Crippen LogP contribution is -2.01. The van der Waals surface area contributed by atoms with Gasteiger partial charge in [0, 0.05) is 50.1 Å². The number of rotatable bonds is 7. The average molecular weight is 748 g/mol. The molecule has 0 atom stereocenters. The normalized spacial score (nSPS) is 11.9. The summed E-state index contributed by atoms with van der Waals surface area (Å²) in [6, 6.07) is 59.0. The number of pyridine rings is 1. The Bertz CT molecular complexity index is 3350. The van der Waals surface area contributed by atoms with Crippen LogP contribution in [0.4, 0.5) is 0 Å². The van der Waals surface area contributed by atoms with E-state index in [9.17, 15) is 0 Å². The molecule has 5 heteroatoms. The molecule has 278 valence electrons. The van der Waals surface area contributed by atoms with Gasteiger partial charge in [0.05, 0.1) is 27.6 Å². The van der Waals surface area contributed by atoms with E-state index in [-0.39, 0.29) is 0 Å². The van der Waals surface area contributed by atoms with Crippen LogP contribution in [0.3, 0.4) is 0 Å². The van der Waals surface area contributed by atoms with Crippen LogP contribution in [0.2, 0.25) is 0 Å². The van der Waals surface area contributed by atoms with Gasteiger partial charge in [-0.15, -0.1) is 0 Å². The van der Waals surface area contributed by atoms with Gasteiger partial charge in [-0.05, 0) is 102 Å². The smallest absolute Gasteiger partial charge is 0.147 e. The first kappa shape index (κ1) is 34.0. The van der Waals surface area contributed by atoms with Gasteiger partial charge < -0.3 is 4.98 Å².